The number of rotatable bonds is 0. The van der Waals surface area contributed by atoms with Crippen molar-refractivity contribution in [1.82, 2.24) is 0 Å². The number of nitrogens with zero attached hydrogens (tertiary/aromatic N) is 1. The molecule has 2 heterocycles. The lowest BCUT2D eigenvalue weighted by Crippen LogP contribution is -2.59. The molecule has 0 fully saturated rings. The van der Waals surface area contributed by atoms with Crippen molar-refractivity contribution in [3.05, 3.63) is 112 Å². The molecule has 0 radical (unpaired) electrons. The Morgan fingerprint density at radius 3 is 2.40 bits per heavy atom. The second-order valence-electron chi connectivity index (χ2n) is 9.60. The van der Waals surface area contributed by atoms with Crippen LogP contribution in [0.3, 0.4) is 0 Å². The third-order valence-electron chi connectivity index (χ3n) is 7.72. The van der Waals surface area contributed by atoms with E-state index in [2.05, 4.69) is 98.3 Å². The van der Waals surface area contributed by atoms with Gasteiger partial charge in [0.15, 0.2) is 11.7 Å². The number of aromatic nitrogens is 1. The van der Waals surface area contributed by atoms with Crippen LogP contribution < -0.4 is 4.57 Å². The Balaban J connectivity index is 1.68. The Morgan fingerprint density at radius 1 is 0.800 bits per heavy atom. The van der Waals surface area contributed by atoms with Gasteiger partial charge in [-0.3, -0.25) is 0 Å². The minimum atomic E-state index is -0.0874. The molecule has 7 rings (SSSR count). The van der Waals surface area contributed by atoms with Gasteiger partial charge < -0.3 is 0 Å². The molecule has 0 bridgehead atoms. The highest BCUT2D eigenvalue weighted by Crippen LogP contribution is 2.55. The number of aryl methyl sites for hydroxylation is 1. The van der Waals surface area contributed by atoms with E-state index in [1.807, 2.05) is 0 Å². The van der Waals surface area contributed by atoms with Crippen LogP contribution in [0.2, 0.25) is 0 Å². The van der Waals surface area contributed by atoms with Crippen LogP contribution in [0.4, 0.5) is 0 Å². The Bertz CT molecular complexity index is 1410. The summed E-state index contributed by atoms with van der Waals surface area (Å²) in [6.45, 7) is 7.06. The zero-order valence-electron chi connectivity index (χ0n) is 17.7. The first-order valence-electron chi connectivity index (χ1n) is 11.0. The lowest BCUT2D eigenvalue weighted by atomic mass is 9.75. The van der Waals surface area contributed by atoms with Gasteiger partial charge in [-0.15, -0.1) is 0 Å². The molecule has 0 saturated heterocycles. The minimum Gasteiger partial charge on any atom is -0.191 e. The van der Waals surface area contributed by atoms with Crippen LogP contribution in [0.15, 0.2) is 72.9 Å². The fraction of sp³-hybridized carbons (Fsp3) is 0.207. The van der Waals surface area contributed by atoms with E-state index in [4.69, 9.17) is 0 Å². The molecule has 4 aromatic rings. The molecule has 1 nitrogen and oxygen atoms in total. The summed E-state index contributed by atoms with van der Waals surface area (Å²) in [6.07, 6.45) is 3.51. The number of pyridine rings is 1. The second-order valence-corrected chi connectivity index (χ2v) is 9.60. The van der Waals surface area contributed by atoms with Crippen molar-refractivity contribution in [2.75, 3.05) is 0 Å². The van der Waals surface area contributed by atoms with E-state index in [1.165, 1.54) is 61.3 Å². The summed E-state index contributed by atoms with van der Waals surface area (Å²) < 4.78 is 2.61. The molecule has 144 valence electrons. The second kappa shape index (κ2) is 5.29. The molecule has 0 spiro atoms. The number of benzene rings is 3. The summed E-state index contributed by atoms with van der Waals surface area (Å²) in [5, 5.41) is 0. The molecule has 0 N–H and O–H groups in total. The molecule has 1 atom stereocenters. The Kier molecular flexibility index (Phi) is 2.92. The monoisotopic (exact) mass is 386 g/mol. The zero-order valence-corrected chi connectivity index (χ0v) is 17.7. The Labute approximate surface area is 177 Å². The molecular formula is C29H24N+. The summed E-state index contributed by atoms with van der Waals surface area (Å²) in [7, 11) is 0. The van der Waals surface area contributed by atoms with Crippen LogP contribution in [-0.2, 0) is 12.0 Å². The first kappa shape index (κ1) is 16.6. The van der Waals surface area contributed by atoms with Crippen LogP contribution in [0.1, 0.15) is 58.8 Å². The van der Waals surface area contributed by atoms with Gasteiger partial charge in [-0.1, -0.05) is 66.7 Å². The van der Waals surface area contributed by atoms with Gasteiger partial charge in [0.2, 0.25) is 5.69 Å². The van der Waals surface area contributed by atoms with Crippen molar-refractivity contribution in [3.63, 3.8) is 0 Å². The van der Waals surface area contributed by atoms with Gasteiger partial charge in [0.05, 0.1) is 17.0 Å². The number of hydrogen-bond acceptors (Lipinski definition) is 0. The van der Waals surface area contributed by atoms with Crippen molar-refractivity contribution in [1.29, 1.82) is 0 Å². The molecule has 1 aliphatic heterocycles. The van der Waals surface area contributed by atoms with Crippen LogP contribution >= 0.6 is 0 Å². The van der Waals surface area contributed by atoms with Crippen molar-refractivity contribution in [2.24, 2.45) is 0 Å². The summed E-state index contributed by atoms with van der Waals surface area (Å²) in [5.74, 6) is 0.327. The standard InChI is InChI=1S/C29H24N/c1-17-9-8-14-22-25-20-12-6-7-13-21(20)26-23-15-18-10-4-5-11-19(18)24(23)16-30(28(25)26)29(2,3)27(17)22/h4-14,16,25H,15H2,1-3H3/q+1. The van der Waals surface area contributed by atoms with Crippen molar-refractivity contribution >= 4 is 0 Å². The topological polar surface area (TPSA) is 3.88 Å². The third kappa shape index (κ3) is 1.78. The van der Waals surface area contributed by atoms with Crippen LogP contribution in [0, 0.1) is 6.92 Å². The normalized spacial score (nSPS) is 18.3. The summed E-state index contributed by atoms with van der Waals surface area (Å²) >= 11 is 0. The highest BCUT2D eigenvalue weighted by molar-refractivity contribution is 5.89. The van der Waals surface area contributed by atoms with E-state index in [0.717, 1.165) is 6.42 Å². The predicted molar refractivity (Wildman–Crippen MR) is 121 cm³/mol. The van der Waals surface area contributed by atoms with Gasteiger partial charge in [-0.2, -0.15) is 4.57 Å². The molecule has 3 aliphatic rings. The average Bonchev–Trinajstić information content (AvgIpc) is 3.28. The fourth-order valence-corrected chi connectivity index (χ4v) is 6.60. The Hall–Kier alpha value is -3.19. The molecule has 0 amide bonds. The summed E-state index contributed by atoms with van der Waals surface area (Å²) in [4.78, 5) is 0. The fourth-order valence-electron chi connectivity index (χ4n) is 6.60. The molecular weight excluding hydrogens is 362 g/mol. The summed E-state index contributed by atoms with van der Waals surface area (Å²) in [5.41, 5.74) is 16.0. The molecule has 30 heavy (non-hydrogen) atoms. The first-order valence-corrected chi connectivity index (χ1v) is 11.0. The third-order valence-corrected chi connectivity index (χ3v) is 7.72. The molecule has 3 aromatic carbocycles. The van der Waals surface area contributed by atoms with Crippen LogP contribution in [0.25, 0.3) is 22.3 Å². The van der Waals surface area contributed by atoms with Gasteiger partial charge in [-0.25, -0.2) is 0 Å². The van der Waals surface area contributed by atoms with E-state index in [1.54, 1.807) is 0 Å². The van der Waals surface area contributed by atoms with E-state index in [-0.39, 0.29) is 5.54 Å². The van der Waals surface area contributed by atoms with Gasteiger partial charge in [0.25, 0.3) is 0 Å². The molecule has 1 unspecified atom stereocenters. The average molecular weight is 387 g/mol. The maximum absolute atomic E-state index is 2.61. The Morgan fingerprint density at radius 2 is 1.53 bits per heavy atom. The zero-order chi connectivity index (χ0) is 20.2. The largest absolute Gasteiger partial charge is 0.202 e. The molecule has 2 aliphatic carbocycles. The van der Waals surface area contributed by atoms with Gasteiger partial charge in [0.1, 0.15) is 0 Å². The van der Waals surface area contributed by atoms with Crippen LogP contribution in [0.5, 0.6) is 0 Å². The van der Waals surface area contributed by atoms with Crippen LogP contribution in [-0.4, -0.2) is 0 Å². The summed E-state index contributed by atoms with van der Waals surface area (Å²) in [6, 6.07) is 24.9. The quantitative estimate of drug-likeness (QED) is 0.277. The van der Waals surface area contributed by atoms with Gasteiger partial charge >= 0.3 is 0 Å². The van der Waals surface area contributed by atoms with E-state index < -0.39 is 0 Å². The first-order chi connectivity index (χ1) is 14.6. The SMILES string of the molecule is Cc1cccc2c1C(C)(C)[n+]1cc3c(c4c1C2c1ccccc1-4)Cc1ccccc1-3. The van der Waals surface area contributed by atoms with Crippen molar-refractivity contribution in [3.8, 4) is 22.3 Å². The maximum atomic E-state index is 2.61. The lowest BCUT2D eigenvalue weighted by Gasteiger charge is -2.34. The minimum absolute atomic E-state index is 0.0874. The highest BCUT2D eigenvalue weighted by atomic mass is 15.1. The van der Waals surface area contributed by atoms with E-state index >= 15 is 0 Å². The lowest BCUT2D eigenvalue weighted by molar-refractivity contribution is -0.755. The van der Waals surface area contributed by atoms with E-state index in [0.29, 0.717) is 5.92 Å². The smallest absolute Gasteiger partial charge is 0.191 e. The molecule has 1 aromatic heterocycles. The van der Waals surface area contributed by atoms with Crippen molar-refractivity contribution < 1.29 is 4.57 Å². The maximum Gasteiger partial charge on any atom is 0.202 e. The van der Waals surface area contributed by atoms with Gasteiger partial charge in [0, 0.05) is 19.4 Å². The number of fused-ring (bicyclic) bond motifs is 9. The van der Waals surface area contributed by atoms with E-state index in [9.17, 15) is 0 Å². The van der Waals surface area contributed by atoms with Crippen molar-refractivity contribution in [2.45, 2.75) is 38.6 Å². The molecule has 0 saturated carbocycles. The van der Waals surface area contributed by atoms with Gasteiger partial charge in [-0.05, 0) is 52.3 Å². The number of hydrogen-bond donors (Lipinski definition) is 0. The highest BCUT2D eigenvalue weighted by Gasteiger charge is 2.52. The predicted octanol–water partition coefficient (Wildman–Crippen LogP) is 6.11. The molecule has 1 heteroatoms.